The quantitative estimate of drug-likeness (QED) is 0.850. The first-order valence-electron chi connectivity index (χ1n) is 7.90. The normalized spacial score (nSPS) is 26.4. The first-order valence-corrected chi connectivity index (χ1v) is 7.90. The van der Waals surface area contributed by atoms with E-state index in [0.717, 1.165) is 18.3 Å². The van der Waals surface area contributed by atoms with Crippen molar-refractivity contribution in [2.24, 2.45) is 11.3 Å². The molecule has 1 aliphatic rings. The minimum atomic E-state index is 0.395. The maximum Gasteiger partial charge on any atom is 0.119 e. The molecule has 2 heteroatoms. The summed E-state index contributed by atoms with van der Waals surface area (Å²) < 4.78 is 5.50. The van der Waals surface area contributed by atoms with Gasteiger partial charge in [0.15, 0.2) is 0 Å². The lowest BCUT2D eigenvalue weighted by Gasteiger charge is -2.24. The average molecular weight is 275 g/mol. The van der Waals surface area contributed by atoms with Crippen LogP contribution in [0.5, 0.6) is 5.75 Å². The van der Waals surface area contributed by atoms with Crippen LogP contribution in [-0.4, -0.2) is 12.6 Å². The summed E-state index contributed by atoms with van der Waals surface area (Å²) in [5.41, 5.74) is 1.82. The van der Waals surface area contributed by atoms with Gasteiger partial charge in [0.1, 0.15) is 5.75 Å². The number of hydrogen-bond donors (Lipinski definition) is 1. The molecule has 0 bridgehead atoms. The first-order chi connectivity index (χ1) is 9.41. The second-order valence-electron chi connectivity index (χ2n) is 7.05. The molecule has 1 saturated carbocycles. The number of hydrogen-bond acceptors (Lipinski definition) is 2. The highest BCUT2D eigenvalue weighted by Gasteiger charge is 2.36. The van der Waals surface area contributed by atoms with Crippen molar-refractivity contribution in [3.63, 3.8) is 0 Å². The van der Waals surface area contributed by atoms with Crippen LogP contribution in [0.3, 0.4) is 0 Å². The van der Waals surface area contributed by atoms with Gasteiger partial charge in [0, 0.05) is 12.1 Å². The predicted octanol–water partition coefficient (Wildman–Crippen LogP) is 4.56. The molecular weight excluding hydrogens is 246 g/mol. The Hall–Kier alpha value is -1.02. The van der Waals surface area contributed by atoms with E-state index in [0.29, 0.717) is 17.5 Å². The molecule has 0 aliphatic heterocycles. The zero-order chi connectivity index (χ0) is 14.8. The zero-order valence-corrected chi connectivity index (χ0v) is 13.6. The number of rotatable bonds is 5. The predicted molar refractivity (Wildman–Crippen MR) is 85.1 cm³/mol. The van der Waals surface area contributed by atoms with Gasteiger partial charge < -0.3 is 10.1 Å². The molecule has 2 nitrogen and oxygen atoms in total. The van der Waals surface area contributed by atoms with E-state index in [9.17, 15) is 0 Å². The number of benzene rings is 1. The van der Waals surface area contributed by atoms with Crippen molar-refractivity contribution in [1.82, 2.24) is 5.32 Å². The van der Waals surface area contributed by atoms with Gasteiger partial charge in [-0.1, -0.05) is 32.9 Å². The summed E-state index contributed by atoms with van der Waals surface area (Å²) in [5, 5.41) is 3.81. The molecule has 0 aromatic heterocycles. The van der Waals surface area contributed by atoms with Crippen molar-refractivity contribution in [1.29, 1.82) is 0 Å². The molecule has 0 heterocycles. The van der Waals surface area contributed by atoms with Crippen molar-refractivity contribution in [3.8, 4) is 5.75 Å². The van der Waals surface area contributed by atoms with Gasteiger partial charge in [-0.15, -0.1) is 0 Å². The van der Waals surface area contributed by atoms with Crippen LogP contribution >= 0.6 is 0 Å². The third kappa shape index (κ3) is 3.76. The van der Waals surface area contributed by atoms with Crippen molar-refractivity contribution >= 4 is 0 Å². The molecule has 2 rings (SSSR count). The Morgan fingerprint density at radius 2 is 1.90 bits per heavy atom. The van der Waals surface area contributed by atoms with E-state index in [-0.39, 0.29) is 0 Å². The molecular formula is C18H29NO. The van der Waals surface area contributed by atoms with Gasteiger partial charge in [-0.3, -0.25) is 0 Å². The van der Waals surface area contributed by atoms with E-state index in [1.165, 1.54) is 18.4 Å². The third-order valence-electron chi connectivity index (χ3n) is 4.49. The van der Waals surface area contributed by atoms with Crippen LogP contribution < -0.4 is 10.1 Å². The molecule has 112 valence electrons. The van der Waals surface area contributed by atoms with E-state index in [1.54, 1.807) is 0 Å². The molecule has 0 radical (unpaired) electrons. The first kappa shape index (κ1) is 15.4. The fourth-order valence-electron chi connectivity index (χ4n) is 3.55. The molecule has 0 amide bonds. The minimum Gasteiger partial charge on any atom is -0.494 e. The number of nitrogens with one attached hydrogen (secondary N) is 1. The van der Waals surface area contributed by atoms with Gasteiger partial charge in [-0.2, -0.15) is 0 Å². The average Bonchev–Trinajstić information content (AvgIpc) is 2.63. The van der Waals surface area contributed by atoms with Crippen LogP contribution in [0.1, 0.15) is 59.1 Å². The van der Waals surface area contributed by atoms with Crippen molar-refractivity contribution in [3.05, 3.63) is 29.8 Å². The molecule has 3 atom stereocenters. The highest BCUT2D eigenvalue weighted by molar-refractivity contribution is 5.29. The standard InChI is InChI=1S/C18H29NO/c1-6-20-16-9-7-15(8-10-16)14(3)19-17-12-18(4,5)11-13(17)2/h7-10,13-14,17,19H,6,11-12H2,1-5H3. The zero-order valence-electron chi connectivity index (χ0n) is 13.6. The van der Waals surface area contributed by atoms with Crippen LogP contribution in [0.4, 0.5) is 0 Å². The van der Waals surface area contributed by atoms with Crippen molar-refractivity contribution in [2.45, 2.75) is 59.5 Å². The highest BCUT2D eigenvalue weighted by Crippen LogP contribution is 2.41. The molecule has 0 saturated heterocycles. The fourth-order valence-corrected chi connectivity index (χ4v) is 3.55. The highest BCUT2D eigenvalue weighted by atomic mass is 16.5. The maximum absolute atomic E-state index is 5.50. The van der Waals surface area contributed by atoms with Crippen LogP contribution in [0, 0.1) is 11.3 Å². The monoisotopic (exact) mass is 275 g/mol. The van der Waals surface area contributed by atoms with E-state index in [1.807, 2.05) is 6.92 Å². The molecule has 1 aliphatic carbocycles. The SMILES string of the molecule is CCOc1ccc(C(C)NC2CC(C)(C)CC2C)cc1. The summed E-state index contributed by atoms with van der Waals surface area (Å²) in [5.74, 6) is 1.72. The van der Waals surface area contributed by atoms with E-state index >= 15 is 0 Å². The third-order valence-corrected chi connectivity index (χ3v) is 4.49. The van der Waals surface area contributed by atoms with Gasteiger partial charge >= 0.3 is 0 Å². The molecule has 3 unspecified atom stereocenters. The Bertz CT molecular complexity index is 424. The Kier molecular flexibility index (Phi) is 4.74. The Morgan fingerprint density at radius 1 is 1.25 bits per heavy atom. The minimum absolute atomic E-state index is 0.395. The van der Waals surface area contributed by atoms with E-state index in [2.05, 4.69) is 57.3 Å². The van der Waals surface area contributed by atoms with Gasteiger partial charge in [0.2, 0.25) is 0 Å². The van der Waals surface area contributed by atoms with Crippen molar-refractivity contribution in [2.75, 3.05) is 6.61 Å². The second-order valence-corrected chi connectivity index (χ2v) is 7.05. The largest absolute Gasteiger partial charge is 0.494 e. The van der Waals surface area contributed by atoms with E-state index in [4.69, 9.17) is 4.74 Å². The summed E-state index contributed by atoms with van der Waals surface area (Å²) in [6.07, 6.45) is 2.59. The summed E-state index contributed by atoms with van der Waals surface area (Å²) in [6.45, 7) is 12.1. The smallest absolute Gasteiger partial charge is 0.119 e. The molecule has 0 spiro atoms. The van der Waals surface area contributed by atoms with Crippen molar-refractivity contribution < 1.29 is 4.74 Å². The lowest BCUT2D eigenvalue weighted by atomic mass is 9.91. The van der Waals surface area contributed by atoms with Gasteiger partial charge in [0.25, 0.3) is 0 Å². The maximum atomic E-state index is 5.50. The Morgan fingerprint density at radius 3 is 2.40 bits per heavy atom. The lowest BCUT2D eigenvalue weighted by molar-refractivity contribution is 0.339. The molecule has 1 aromatic carbocycles. The van der Waals surface area contributed by atoms with E-state index < -0.39 is 0 Å². The number of ether oxygens (including phenoxy) is 1. The fraction of sp³-hybridized carbons (Fsp3) is 0.667. The molecule has 1 aromatic rings. The van der Waals surface area contributed by atoms with Crippen LogP contribution in [0.15, 0.2) is 24.3 Å². The Labute approximate surface area is 123 Å². The summed E-state index contributed by atoms with van der Waals surface area (Å²) >= 11 is 0. The van der Waals surface area contributed by atoms with Gasteiger partial charge in [-0.05, 0) is 55.7 Å². The Balaban J connectivity index is 1.96. The second kappa shape index (κ2) is 6.17. The summed E-state index contributed by atoms with van der Waals surface area (Å²) in [4.78, 5) is 0. The van der Waals surface area contributed by atoms with Crippen LogP contribution in [-0.2, 0) is 0 Å². The van der Waals surface area contributed by atoms with Crippen LogP contribution in [0.2, 0.25) is 0 Å². The molecule has 20 heavy (non-hydrogen) atoms. The molecule has 1 fully saturated rings. The lowest BCUT2D eigenvalue weighted by Crippen LogP contribution is -2.33. The topological polar surface area (TPSA) is 21.3 Å². The van der Waals surface area contributed by atoms with Gasteiger partial charge in [0.05, 0.1) is 6.61 Å². The van der Waals surface area contributed by atoms with Gasteiger partial charge in [-0.25, -0.2) is 0 Å². The van der Waals surface area contributed by atoms with Crippen LogP contribution in [0.25, 0.3) is 0 Å². The molecule has 1 N–H and O–H groups in total. The summed E-state index contributed by atoms with van der Waals surface area (Å²) in [6, 6.07) is 9.51. The summed E-state index contributed by atoms with van der Waals surface area (Å²) in [7, 11) is 0.